The second kappa shape index (κ2) is 7.86. The first-order valence-electron chi connectivity index (χ1n) is 9.37. The zero-order valence-electron chi connectivity index (χ0n) is 16.4. The Balaban J connectivity index is 1.70. The number of fused-ring (bicyclic) bond motifs is 2. The second-order valence-corrected chi connectivity index (χ2v) is 7.01. The summed E-state index contributed by atoms with van der Waals surface area (Å²) in [6.07, 6.45) is 1.03. The van der Waals surface area contributed by atoms with Crippen molar-refractivity contribution in [3.05, 3.63) is 48.5 Å². The van der Waals surface area contributed by atoms with Crippen LogP contribution in [0.2, 0.25) is 0 Å². The summed E-state index contributed by atoms with van der Waals surface area (Å²) < 4.78 is 11.3. The van der Waals surface area contributed by atoms with Gasteiger partial charge in [-0.3, -0.25) is 0 Å². The van der Waals surface area contributed by atoms with E-state index in [0.29, 0.717) is 11.6 Å². The van der Waals surface area contributed by atoms with Crippen LogP contribution in [0.25, 0.3) is 33.5 Å². The summed E-state index contributed by atoms with van der Waals surface area (Å²) in [5.41, 5.74) is 1.67. The summed E-state index contributed by atoms with van der Waals surface area (Å²) in [4.78, 5) is 11.7. The molecular formula is C22H24N4O2. The molecule has 2 aromatic heterocycles. The van der Waals surface area contributed by atoms with Crippen LogP contribution in [0.4, 0.5) is 5.82 Å². The minimum atomic E-state index is 0.573. The number of para-hydroxylation sites is 1. The van der Waals surface area contributed by atoms with Gasteiger partial charge in [0.2, 0.25) is 0 Å². The van der Waals surface area contributed by atoms with Gasteiger partial charge in [0.05, 0.1) is 12.6 Å². The second-order valence-electron chi connectivity index (χ2n) is 7.01. The van der Waals surface area contributed by atoms with Crippen LogP contribution in [0, 0.1) is 0 Å². The number of methoxy groups -OCH3 is 1. The first kappa shape index (κ1) is 18.3. The number of nitrogens with zero attached hydrogens (tertiary/aromatic N) is 3. The summed E-state index contributed by atoms with van der Waals surface area (Å²) in [6.45, 7) is 1.87. The third-order valence-electron chi connectivity index (χ3n) is 4.62. The van der Waals surface area contributed by atoms with Crippen molar-refractivity contribution in [2.75, 3.05) is 39.6 Å². The van der Waals surface area contributed by atoms with Gasteiger partial charge in [-0.2, -0.15) is 0 Å². The summed E-state index contributed by atoms with van der Waals surface area (Å²) in [6, 6.07) is 15.7. The standard InChI is InChI=1S/C22H24N4O2/c1-26(2)12-6-11-23-21-17-7-4-5-8-18(17)24-22(25-21)20-14-15-13-16(27-3)9-10-19(15)28-20/h4-5,7-10,13-14H,6,11-12H2,1-3H3,(H,23,24,25). The predicted octanol–water partition coefficient (Wildman–Crippen LogP) is 4.42. The van der Waals surface area contributed by atoms with E-state index in [1.54, 1.807) is 7.11 Å². The number of hydrogen-bond acceptors (Lipinski definition) is 6. The lowest BCUT2D eigenvalue weighted by molar-refractivity contribution is 0.405. The van der Waals surface area contributed by atoms with E-state index >= 15 is 0 Å². The van der Waals surface area contributed by atoms with Gasteiger partial charge in [-0.15, -0.1) is 0 Å². The van der Waals surface area contributed by atoms with Crippen molar-refractivity contribution in [1.82, 2.24) is 14.9 Å². The Bertz CT molecular complexity index is 1100. The monoisotopic (exact) mass is 376 g/mol. The van der Waals surface area contributed by atoms with Crippen LogP contribution in [0.1, 0.15) is 6.42 Å². The number of aromatic nitrogens is 2. The van der Waals surface area contributed by atoms with E-state index in [0.717, 1.165) is 52.9 Å². The van der Waals surface area contributed by atoms with Crippen molar-refractivity contribution in [3.8, 4) is 17.3 Å². The van der Waals surface area contributed by atoms with E-state index < -0.39 is 0 Å². The maximum absolute atomic E-state index is 6.00. The van der Waals surface area contributed by atoms with Crippen LogP contribution in [-0.4, -0.2) is 49.2 Å². The van der Waals surface area contributed by atoms with Crippen molar-refractivity contribution in [2.24, 2.45) is 0 Å². The Kier molecular flexibility index (Phi) is 5.12. The fraction of sp³-hybridized carbons (Fsp3) is 0.273. The molecule has 144 valence electrons. The zero-order valence-corrected chi connectivity index (χ0v) is 16.4. The van der Waals surface area contributed by atoms with Gasteiger partial charge in [-0.05, 0) is 63.5 Å². The predicted molar refractivity (Wildman–Crippen MR) is 113 cm³/mol. The number of anilines is 1. The smallest absolute Gasteiger partial charge is 0.198 e. The molecule has 0 bridgehead atoms. The molecular weight excluding hydrogens is 352 g/mol. The van der Waals surface area contributed by atoms with Crippen molar-refractivity contribution in [1.29, 1.82) is 0 Å². The first-order valence-corrected chi connectivity index (χ1v) is 9.37. The molecule has 28 heavy (non-hydrogen) atoms. The lowest BCUT2D eigenvalue weighted by atomic mass is 10.2. The normalized spacial score (nSPS) is 11.4. The van der Waals surface area contributed by atoms with E-state index in [1.807, 2.05) is 48.5 Å². The topological polar surface area (TPSA) is 63.4 Å². The molecule has 0 radical (unpaired) electrons. The molecule has 0 saturated heterocycles. The molecule has 2 aromatic carbocycles. The zero-order chi connectivity index (χ0) is 19.5. The number of benzene rings is 2. The lowest BCUT2D eigenvalue weighted by Gasteiger charge is -2.12. The molecule has 0 atom stereocenters. The average molecular weight is 376 g/mol. The number of ether oxygens (including phenoxy) is 1. The van der Waals surface area contributed by atoms with E-state index in [-0.39, 0.29) is 0 Å². The lowest BCUT2D eigenvalue weighted by Crippen LogP contribution is -2.16. The Morgan fingerprint density at radius 3 is 2.75 bits per heavy atom. The highest BCUT2D eigenvalue weighted by atomic mass is 16.5. The number of nitrogens with one attached hydrogen (secondary N) is 1. The van der Waals surface area contributed by atoms with E-state index in [9.17, 15) is 0 Å². The average Bonchev–Trinajstić information content (AvgIpc) is 3.14. The van der Waals surface area contributed by atoms with Crippen LogP contribution in [-0.2, 0) is 0 Å². The van der Waals surface area contributed by atoms with E-state index in [1.165, 1.54) is 0 Å². The number of furan rings is 1. The highest BCUT2D eigenvalue weighted by Gasteiger charge is 2.13. The Morgan fingerprint density at radius 2 is 1.93 bits per heavy atom. The van der Waals surface area contributed by atoms with Crippen molar-refractivity contribution in [3.63, 3.8) is 0 Å². The van der Waals surface area contributed by atoms with Crippen molar-refractivity contribution >= 4 is 27.7 Å². The molecule has 0 aliphatic carbocycles. The van der Waals surface area contributed by atoms with Gasteiger partial charge < -0.3 is 19.4 Å². The summed E-state index contributed by atoms with van der Waals surface area (Å²) >= 11 is 0. The molecule has 0 fully saturated rings. The van der Waals surface area contributed by atoms with Crippen LogP contribution < -0.4 is 10.1 Å². The first-order chi connectivity index (χ1) is 13.6. The van der Waals surface area contributed by atoms with Gasteiger partial charge in [0.25, 0.3) is 0 Å². The van der Waals surface area contributed by atoms with Crippen LogP contribution in [0.3, 0.4) is 0 Å². The maximum atomic E-state index is 6.00. The van der Waals surface area contributed by atoms with Crippen LogP contribution in [0.15, 0.2) is 52.9 Å². The molecule has 0 amide bonds. The van der Waals surface area contributed by atoms with Gasteiger partial charge in [0.1, 0.15) is 17.2 Å². The minimum absolute atomic E-state index is 0.573. The maximum Gasteiger partial charge on any atom is 0.198 e. The Morgan fingerprint density at radius 1 is 1.07 bits per heavy atom. The van der Waals surface area contributed by atoms with Crippen LogP contribution >= 0.6 is 0 Å². The molecule has 4 aromatic rings. The highest BCUT2D eigenvalue weighted by Crippen LogP contribution is 2.31. The van der Waals surface area contributed by atoms with Gasteiger partial charge in [0, 0.05) is 17.3 Å². The Labute approximate surface area is 164 Å². The largest absolute Gasteiger partial charge is 0.497 e. The minimum Gasteiger partial charge on any atom is -0.497 e. The number of rotatable bonds is 7. The number of hydrogen-bond donors (Lipinski definition) is 1. The quantitative estimate of drug-likeness (QED) is 0.482. The third-order valence-corrected chi connectivity index (χ3v) is 4.62. The molecule has 0 aliphatic heterocycles. The highest BCUT2D eigenvalue weighted by molar-refractivity contribution is 5.91. The molecule has 6 heteroatoms. The molecule has 6 nitrogen and oxygen atoms in total. The van der Waals surface area contributed by atoms with E-state index in [4.69, 9.17) is 19.1 Å². The van der Waals surface area contributed by atoms with Gasteiger partial charge in [-0.25, -0.2) is 9.97 Å². The summed E-state index contributed by atoms with van der Waals surface area (Å²) in [5, 5.41) is 5.44. The fourth-order valence-corrected chi connectivity index (χ4v) is 3.18. The Hall–Kier alpha value is -3.12. The van der Waals surface area contributed by atoms with Gasteiger partial charge in [0.15, 0.2) is 11.6 Å². The fourth-order valence-electron chi connectivity index (χ4n) is 3.18. The molecule has 0 spiro atoms. The van der Waals surface area contributed by atoms with Gasteiger partial charge in [-0.1, -0.05) is 12.1 Å². The molecule has 1 N–H and O–H groups in total. The SMILES string of the molecule is COc1ccc2oc(-c3nc(NCCCN(C)C)c4ccccc4n3)cc2c1. The van der Waals surface area contributed by atoms with Gasteiger partial charge >= 0.3 is 0 Å². The van der Waals surface area contributed by atoms with Crippen LogP contribution in [0.5, 0.6) is 5.75 Å². The molecule has 0 saturated carbocycles. The molecule has 2 heterocycles. The summed E-state index contributed by atoms with van der Waals surface area (Å²) in [7, 11) is 5.81. The molecule has 0 unspecified atom stereocenters. The van der Waals surface area contributed by atoms with Crippen molar-refractivity contribution < 1.29 is 9.15 Å². The van der Waals surface area contributed by atoms with E-state index in [2.05, 4.69) is 24.3 Å². The third kappa shape index (κ3) is 3.77. The summed E-state index contributed by atoms with van der Waals surface area (Å²) in [5.74, 6) is 2.84. The van der Waals surface area contributed by atoms with Crippen molar-refractivity contribution in [2.45, 2.75) is 6.42 Å². The molecule has 4 rings (SSSR count). The molecule has 0 aliphatic rings.